The molecule has 0 aromatic heterocycles. The Morgan fingerprint density at radius 3 is 2.78 bits per heavy atom. The molecule has 0 aliphatic heterocycles. The van der Waals surface area contributed by atoms with E-state index in [2.05, 4.69) is 5.32 Å². The van der Waals surface area contributed by atoms with Crippen molar-refractivity contribution >= 4 is 5.69 Å². The van der Waals surface area contributed by atoms with E-state index in [4.69, 9.17) is 9.47 Å². The highest BCUT2D eigenvalue weighted by atomic mass is 16.6. The number of nitrogens with one attached hydrogen (secondary N) is 1. The van der Waals surface area contributed by atoms with Crippen molar-refractivity contribution in [1.29, 1.82) is 0 Å². The summed E-state index contributed by atoms with van der Waals surface area (Å²) in [6.07, 6.45) is 0. The van der Waals surface area contributed by atoms with Gasteiger partial charge in [-0.05, 0) is 0 Å². The highest BCUT2D eigenvalue weighted by Crippen LogP contribution is 2.16. The molecule has 1 aromatic carbocycles. The molecule has 0 aliphatic rings. The molecule has 0 saturated carbocycles. The molecular formula is C12H18N2O4. The molecule has 18 heavy (non-hydrogen) atoms. The first kappa shape index (κ1) is 14.6. The largest absolute Gasteiger partial charge is 0.382 e. The van der Waals surface area contributed by atoms with E-state index in [-0.39, 0.29) is 10.6 Å². The minimum Gasteiger partial charge on any atom is -0.382 e. The number of nitro benzene ring substituents is 1. The number of nitro groups is 1. The lowest BCUT2D eigenvalue weighted by atomic mass is 10.2. The molecule has 0 heterocycles. The van der Waals surface area contributed by atoms with Crippen molar-refractivity contribution in [2.75, 3.05) is 33.5 Å². The Bertz CT molecular complexity index is 371. The van der Waals surface area contributed by atoms with Crippen molar-refractivity contribution in [3.8, 4) is 0 Å². The quantitative estimate of drug-likeness (QED) is 0.409. The van der Waals surface area contributed by atoms with E-state index >= 15 is 0 Å². The summed E-state index contributed by atoms with van der Waals surface area (Å²) >= 11 is 0. The van der Waals surface area contributed by atoms with Gasteiger partial charge in [-0.3, -0.25) is 10.1 Å². The summed E-state index contributed by atoms with van der Waals surface area (Å²) in [5, 5.41) is 13.9. The van der Waals surface area contributed by atoms with Crippen LogP contribution in [0.5, 0.6) is 0 Å². The molecule has 1 aromatic rings. The Balaban J connectivity index is 2.25. The fraction of sp³-hybridized carbons (Fsp3) is 0.500. The van der Waals surface area contributed by atoms with Gasteiger partial charge in [0, 0.05) is 31.8 Å². The smallest absolute Gasteiger partial charge is 0.273 e. The molecule has 6 nitrogen and oxygen atoms in total. The first-order chi connectivity index (χ1) is 8.75. The second-order valence-corrected chi connectivity index (χ2v) is 3.67. The van der Waals surface area contributed by atoms with Crippen molar-refractivity contribution in [2.45, 2.75) is 6.54 Å². The van der Waals surface area contributed by atoms with E-state index in [1.165, 1.54) is 6.07 Å². The molecule has 0 aliphatic carbocycles. The maximum Gasteiger partial charge on any atom is 0.273 e. The van der Waals surface area contributed by atoms with Gasteiger partial charge in [0.2, 0.25) is 0 Å². The Morgan fingerprint density at radius 2 is 2.06 bits per heavy atom. The monoisotopic (exact) mass is 254 g/mol. The van der Waals surface area contributed by atoms with Crippen molar-refractivity contribution in [2.24, 2.45) is 0 Å². The third kappa shape index (κ3) is 5.22. The molecule has 0 unspecified atom stereocenters. The van der Waals surface area contributed by atoms with Crippen LogP contribution in [0, 0.1) is 10.1 Å². The van der Waals surface area contributed by atoms with Gasteiger partial charge in [-0.25, -0.2) is 0 Å². The van der Waals surface area contributed by atoms with Gasteiger partial charge < -0.3 is 14.8 Å². The van der Waals surface area contributed by atoms with Crippen LogP contribution in [0.25, 0.3) is 0 Å². The van der Waals surface area contributed by atoms with Crippen LogP contribution in [0.2, 0.25) is 0 Å². The van der Waals surface area contributed by atoms with Gasteiger partial charge in [0.25, 0.3) is 5.69 Å². The number of hydrogen-bond donors (Lipinski definition) is 1. The minimum absolute atomic E-state index is 0.144. The fourth-order valence-electron chi connectivity index (χ4n) is 1.45. The van der Waals surface area contributed by atoms with E-state index < -0.39 is 0 Å². The zero-order valence-corrected chi connectivity index (χ0v) is 10.4. The molecule has 100 valence electrons. The van der Waals surface area contributed by atoms with Gasteiger partial charge >= 0.3 is 0 Å². The number of ether oxygens (including phenoxy) is 2. The molecular weight excluding hydrogens is 236 g/mol. The van der Waals surface area contributed by atoms with Crippen LogP contribution in [0.4, 0.5) is 5.69 Å². The Kier molecular flexibility index (Phi) is 6.93. The summed E-state index contributed by atoms with van der Waals surface area (Å²) < 4.78 is 10.1. The van der Waals surface area contributed by atoms with Crippen molar-refractivity contribution in [3.05, 3.63) is 39.9 Å². The zero-order valence-electron chi connectivity index (χ0n) is 10.4. The Hall–Kier alpha value is -1.50. The minimum atomic E-state index is -0.369. The summed E-state index contributed by atoms with van der Waals surface area (Å²) in [5.41, 5.74) is 0.824. The topological polar surface area (TPSA) is 73.6 Å². The first-order valence-electron chi connectivity index (χ1n) is 5.75. The molecule has 0 spiro atoms. The molecule has 0 amide bonds. The molecule has 1 rings (SSSR count). The van der Waals surface area contributed by atoms with Gasteiger partial charge in [0.15, 0.2) is 0 Å². The molecule has 0 saturated heterocycles. The third-order valence-electron chi connectivity index (χ3n) is 2.36. The number of para-hydroxylation sites is 1. The maximum atomic E-state index is 10.8. The average molecular weight is 254 g/mol. The van der Waals surface area contributed by atoms with E-state index in [9.17, 15) is 10.1 Å². The number of rotatable bonds is 9. The van der Waals surface area contributed by atoms with Crippen LogP contribution in [0.15, 0.2) is 24.3 Å². The average Bonchev–Trinajstić information content (AvgIpc) is 2.38. The molecule has 0 atom stereocenters. The van der Waals surface area contributed by atoms with Gasteiger partial charge in [-0.2, -0.15) is 0 Å². The predicted octanol–water partition coefficient (Wildman–Crippen LogP) is 1.35. The van der Waals surface area contributed by atoms with Gasteiger partial charge in [-0.15, -0.1) is 0 Å². The van der Waals surface area contributed by atoms with Gasteiger partial charge in [0.05, 0.1) is 24.7 Å². The van der Waals surface area contributed by atoms with Crippen LogP contribution in [-0.4, -0.2) is 38.4 Å². The van der Waals surface area contributed by atoms with Crippen LogP contribution in [0.1, 0.15) is 5.56 Å². The summed E-state index contributed by atoms with van der Waals surface area (Å²) in [4.78, 5) is 10.4. The summed E-state index contributed by atoms with van der Waals surface area (Å²) in [6, 6.07) is 6.71. The van der Waals surface area contributed by atoms with Crippen LogP contribution >= 0.6 is 0 Å². The fourth-order valence-corrected chi connectivity index (χ4v) is 1.45. The van der Waals surface area contributed by atoms with E-state index in [1.54, 1.807) is 25.3 Å². The molecule has 6 heteroatoms. The lowest BCUT2D eigenvalue weighted by Gasteiger charge is -2.06. The SMILES string of the molecule is COCCOCCNCc1ccccc1[N+](=O)[O-]. The van der Waals surface area contributed by atoms with Crippen LogP contribution in [0.3, 0.4) is 0 Å². The number of methoxy groups -OCH3 is 1. The molecule has 0 bridgehead atoms. The summed E-state index contributed by atoms with van der Waals surface area (Å²) in [7, 11) is 1.62. The number of hydrogen-bond acceptors (Lipinski definition) is 5. The van der Waals surface area contributed by atoms with E-state index in [0.717, 1.165) is 0 Å². The van der Waals surface area contributed by atoms with Gasteiger partial charge in [0.1, 0.15) is 0 Å². The summed E-state index contributed by atoms with van der Waals surface area (Å²) in [5.74, 6) is 0. The maximum absolute atomic E-state index is 10.8. The third-order valence-corrected chi connectivity index (χ3v) is 2.36. The highest BCUT2D eigenvalue weighted by molar-refractivity contribution is 5.39. The lowest BCUT2D eigenvalue weighted by molar-refractivity contribution is -0.385. The normalized spacial score (nSPS) is 10.5. The van der Waals surface area contributed by atoms with Crippen molar-refractivity contribution in [1.82, 2.24) is 5.32 Å². The van der Waals surface area contributed by atoms with E-state index in [1.807, 2.05) is 0 Å². The van der Waals surface area contributed by atoms with Crippen LogP contribution < -0.4 is 5.32 Å². The second-order valence-electron chi connectivity index (χ2n) is 3.67. The zero-order chi connectivity index (χ0) is 13.2. The molecule has 1 N–H and O–H groups in total. The first-order valence-corrected chi connectivity index (χ1v) is 5.75. The van der Waals surface area contributed by atoms with Crippen LogP contribution in [-0.2, 0) is 16.0 Å². The highest BCUT2D eigenvalue weighted by Gasteiger charge is 2.10. The van der Waals surface area contributed by atoms with Gasteiger partial charge in [-0.1, -0.05) is 18.2 Å². The molecule has 0 fully saturated rings. The molecule has 0 radical (unpaired) electrons. The van der Waals surface area contributed by atoms with Crippen molar-refractivity contribution < 1.29 is 14.4 Å². The Labute approximate surface area is 106 Å². The number of nitrogens with zero attached hydrogens (tertiary/aromatic N) is 1. The van der Waals surface area contributed by atoms with E-state index in [0.29, 0.717) is 38.5 Å². The standard InChI is InChI=1S/C12H18N2O4/c1-17-8-9-18-7-6-13-10-11-4-2-3-5-12(11)14(15)16/h2-5,13H,6-10H2,1H3. The predicted molar refractivity (Wildman–Crippen MR) is 67.5 cm³/mol. The summed E-state index contributed by atoms with van der Waals surface area (Å²) in [6.45, 7) is 2.80. The Morgan fingerprint density at radius 1 is 1.28 bits per heavy atom. The number of benzene rings is 1. The van der Waals surface area contributed by atoms with Crippen molar-refractivity contribution in [3.63, 3.8) is 0 Å². The second kappa shape index (κ2) is 8.57. The lowest BCUT2D eigenvalue weighted by Crippen LogP contribution is -2.20.